The zero-order valence-electron chi connectivity index (χ0n) is 22.2. The molecule has 3 heterocycles. The molecule has 0 bridgehead atoms. The van der Waals surface area contributed by atoms with Crippen molar-refractivity contribution in [2.24, 2.45) is 7.05 Å². The van der Waals surface area contributed by atoms with Crippen LogP contribution in [0.15, 0.2) is 102 Å². The molecule has 0 spiro atoms. The summed E-state index contributed by atoms with van der Waals surface area (Å²) < 4.78 is 39.2. The van der Waals surface area contributed by atoms with Crippen LogP contribution in [-0.2, 0) is 13.5 Å². The van der Waals surface area contributed by atoms with Crippen LogP contribution in [0.25, 0.3) is 22.3 Å². The summed E-state index contributed by atoms with van der Waals surface area (Å²) in [7, 11) is 1.65. The molecule has 3 aromatic carbocycles. The first kappa shape index (κ1) is 25.9. The molecule has 6 aromatic rings. The van der Waals surface area contributed by atoms with E-state index in [2.05, 4.69) is 5.10 Å². The van der Waals surface area contributed by atoms with Crippen molar-refractivity contribution in [2.75, 3.05) is 0 Å². The lowest BCUT2D eigenvalue weighted by Crippen LogP contribution is -2.23. The van der Waals surface area contributed by atoms with E-state index in [1.54, 1.807) is 41.5 Å². The number of carbonyl (C=O) groups is 1. The fourth-order valence-corrected chi connectivity index (χ4v) is 4.98. The summed E-state index contributed by atoms with van der Waals surface area (Å²) in [5.74, 6) is -1.12. The second-order valence-electron chi connectivity index (χ2n) is 9.63. The highest BCUT2D eigenvalue weighted by Gasteiger charge is 2.23. The molecule has 3 aromatic heterocycles. The van der Waals surface area contributed by atoms with Crippen molar-refractivity contribution in [3.05, 3.63) is 136 Å². The smallest absolute Gasteiger partial charge is 0.282 e. The molecule has 0 saturated carbocycles. The van der Waals surface area contributed by atoms with Gasteiger partial charge in [-0.2, -0.15) is 5.10 Å². The first-order valence-electron chi connectivity index (χ1n) is 12.9. The van der Waals surface area contributed by atoms with Crippen molar-refractivity contribution in [3.8, 4) is 28.3 Å². The number of benzene rings is 3. The van der Waals surface area contributed by atoms with Crippen LogP contribution in [0.4, 0.5) is 8.78 Å². The number of hydrogen-bond donors (Lipinski definition) is 0. The van der Waals surface area contributed by atoms with Gasteiger partial charge in [-0.1, -0.05) is 36.4 Å². The summed E-state index contributed by atoms with van der Waals surface area (Å²) in [5.41, 5.74) is 3.30. The molecule has 0 N–H and O–H groups in total. The second kappa shape index (κ2) is 10.3. The van der Waals surface area contributed by atoms with Crippen LogP contribution in [-0.4, -0.2) is 24.8 Å². The fourth-order valence-electron chi connectivity index (χ4n) is 4.98. The number of rotatable bonds is 7. The molecule has 6 rings (SSSR count). The summed E-state index contributed by atoms with van der Waals surface area (Å²) >= 11 is 0. The number of ketones is 1. The molecule has 0 radical (unpaired) electrons. The fraction of sp³-hybridized carbons (Fsp3) is 0.0938. The van der Waals surface area contributed by atoms with Crippen LogP contribution in [0.5, 0.6) is 11.5 Å². The van der Waals surface area contributed by atoms with Crippen LogP contribution in [0.3, 0.4) is 0 Å². The monoisotopic (exact) mass is 550 g/mol. The van der Waals surface area contributed by atoms with Gasteiger partial charge in [-0.05, 0) is 60.5 Å². The number of nitrogens with zero attached hydrogens (tertiary/aromatic N) is 4. The Balaban J connectivity index is 1.27. The number of Topliss-reactive ketones (excluding diaryl/α,β-unsaturated/α-hetero) is 1. The third-order valence-electron chi connectivity index (χ3n) is 7.09. The number of ether oxygens (including phenoxy) is 1. The minimum Gasteiger partial charge on any atom is -0.452 e. The number of halogens is 2. The lowest BCUT2D eigenvalue weighted by atomic mass is 10.0. The Bertz CT molecular complexity index is 1970. The van der Waals surface area contributed by atoms with Crippen LogP contribution in [0.2, 0.25) is 0 Å². The molecule has 0 amide bonds. The zero-order chi connectivity index (χ0) is 28.7. The summed E-state index contributed by atoms with van der Waals surface area (Å²) in [5, 5.41) is 4.33. The minimum absolute atomic E-state index is 0.00147. The molecule has 41 heavy (non-hydrogen) atoms. The van der Waals surface area contributed by atoms with E-state index in [4.69, 9.17) is 4.74 Å². The van der Waals surface area contributed by atoms with E-state index in [0.717, 1.165) is 11.1 Å². The number of aromatic nitrogens is 4. The van der Waals surface area contributed by atoms with E-state index < -0.39 is 23.0 Å². The first-order chi connectivity index (χ1) is 19.8. The Labute approximate surface area is 233 Å². The molecule has 0 fully saturated rings. The number of hydrogen-bond acceptors (Lipinski definition) is 4. The molecule has 7 nitrogen and oxygen atoms in total. The van der Waals surface area contributed by atoms with Crippen molar-refractivity contribution in [1.82, 2.24) is 19.0 Å². The highest BCUT2D eigenvalue weighted by Crippen LogP contribution is 2.35. The molecule has 0 atom stereocenters. The second-order valence-corrected chi connectivity index (χ2v) is 9.63. The van der Waals surface area contributed by atoms with Crippen molar-refractivity contribution < 1.29 is 18.3 Å². The van der Waals surface area contributed by atoms with E-state index >= 15 is 4.39 Å². The molecule has 9 heteroatoms. The van der Waals surface area contributed by atoms with Gasteiger partial charge < -0.3 is 4.74 Å². The van der Waals surface area contributed by atoms with Crippen LogP contribution in [0, 0.1) is 18.6 Å². The molecule has 0 aliphatic carbocycles. The Morgan fingerprint density at radius 2 is 1.68 bits per heavy atom. The highest BCUT2D eigenvalue weighted by atomic mass is 19.1. The Kier molecular flexibility index (Phi) is 6.55. The van der Waals surface area contributed by atoms with Crippen molar-refractivity contribution >= 4 is 11.3 Å². The molecule has 0 unspecified atom stereocenters. The molecule has 0 aliphatic heterocycles. The maximum atomic E-state index is 15.3. The first-order valence-corrected chi connectivity index (χ1v) is 12.9. The highest BCUT2D eigenvalue weighted by molar-refractivity contribution is 5.98. The van der Waals surface area contributed by atoms with E-state index in [9.17, 15) is 14.0 Å². The van der Waals surface area contributed by atoms with Crippen molar-refractivity contribution in [2.45, 2.75) is 13.3 Å². The van der Waals surface area contributed by atoms with Gasteiger partial charge in [-0.25, -0.2) is 18.0 Å². The van der Waals surface area contributed by atoms with E-state index in [1.807, 2.05) is 42.6 Å². The molecule has 0 saturated heterocycles. The van der Waals surface area contributed by atoms with Gasteiger partial charge in [-0.3, -0.25) is 14.3 Å². The summed E-state index contributed by atoms with van der Waals surface area (Å²) in [6.07, 6.45) is 3.20. The zero-order valence-corrected chi connectivity index (χ0v) is 22.2. The van der Waals surface area contributed by atoms with E-state index in [-0.39, 0.29) is 17.7 Å². The van der Waals surface area contributed by atoms with Crippen LogP contribution in [0.1, 0.15) is 21.6 Å². The average molecular weight is 551 g/mol. The van der Waals surface area contributed by atoms with Gasteiger partial charge in [0.1, 0.15) is 16.9 Å². The van der Waals surface area contributed by atoms with Crippen LogP contribution >= 0.6 is 0 Å². The SMILES string of the molecule is Cc1c(C(=O)Cc2ccc(Oc3ccnn4ccc(-c5ccccc5)c34)c(F)c2)c(=O)n(-c2ccc(F)cc2)n1C. The van der Waals surface area contributed by atoms with E-state index in [1.165, 1.54) is 41.1 Å². The Morgan fingerprint density at radius 3 is 2.41 bits per heavy atom. The van der Waals surface area contributed by atoms with Gasteiger partial charge >= 0.3 is 0 Å². The van der Waals surface area contributed by atoms with Crippen molar-refractivity contribution in [1.29, 1.82) is 0 Å². The van der Waals surface area contributed by atoms with Gasteiger partial charge in [0.25, 0.3) is 5.56 Å². The topological polar surface area (TPSA) is 70.5 Å². The number of carbonyl (C=O) groups excluding carboxylic acids is 1. The maximum Gasteiger partial charge on any atom is 0.282 e. The third-order valence-corrected chi connectivity index (χ3v) is 7.09. The molecule has 0 aliphatic rings. The van der Waals surface area contributed by atoms with Crippen LogP contribution < -0.4 is 10.3 Å². The average Bonchev–Trinajstić information content (AvgIpc) is 3.50. The van der Waals surface area contributed by atoms with Gasteiger partial charge in [0, 0.05) is 37.0 Å². The normalized spacial score (nSPS) is 11.2. The standard InChI is InChI=1S/C32H24F2N4O3/c1-20-30(32(40)38(36(20)2)24-11-9-23(33)10-12-24)27(39)19-21-8-13-28(26(34)18-21)41-29-14-16-35-37-17-15-25(31(29)37)22-6-4-3-5-7-22/h3-18H,19H2,1-2H3. The maximum absolute atomic E-state index is 15.3. The summed E-state index contributed by atoms with van der Waals surface area (Å²) in [6.45, 7) is 1.66. The third kappa shape index (κ3) is 4.71. The molecule has 204 valence electrons. The predicted octanol–water partition coefficient (Wildman–Crippen LogP) is 6.30. The molecular formula is C32H24F2N4O3. The van der Waals surface area contributed by atoms with Gasteiger partial charge in [0.15, 0.2) is 23.1 Å². The van der Waals surface area contributed by atoms with Gasteiger partial charge in [0.05, 0.1) is 11.9 Å². The Morgan fingerprint density at radius 1 is 0.927 bits per heavy atom. The molecular weight excluding hydrogens is 526 g/mol. The van der Waals surface area contributed by atoms with E-state index in [0.29, 0.717) is 28.2 Å². The predicted molar refractivity (Wildman–Crippen MR) is 151 cm³/mol. The minimum atomic E-state index is -0.647. The lowest BCUT2D eigenvalue weighted by molar-refractivity contribution is 0.0991. The summed E-state index contributed by atoms with van der Waals surface area (Å²) in [4.78, 5) is 26.4. The quantitative estimate of drug-likeness (QED) is 0.219. The van der Waals surface area contributed by atoms with Gasteiger partial charge in [0.2, 0.25) is 0 Å². The summed E-state index contributed by atoms with van der Waals surface area (Å²) in [6, 6.07) is 23.1. The number of fused-ring (bicyclic) bond motifs is 1. The lowest BCUT2D eigenvalue weighted by Gasteiger charge is -2.11. The largest absolute Gasteiger partial charge is 0.452 e. The van der Waals surface area contributed by atoms with Crippen molar-refractivity contribution in [3.63, 3.8) is 0 Å². The Hall–Kier alpha value is -5.31. The van der Waals surface area contributed by atoms with Gasteiger partial charge in [-0.15, -0.1) is 0 Å².